The predicted molar refractivity (Wildman–Crippen MR) is 73.8 cm³/mol. The topological polar surface area (TPSA) is 59.5 Å². The van der Waals surface area contributed by atoms with Gasteiger partial charge in [0, 0.05) is 0 Å². The first kappa shape index (κ1) is 11.8. The maximum Gasteiger partial charge on any atom is 0.237 e. The van der Waals surface area contributed by atoms with Crippen LogP contribution in [0.4, 0.5) is 11.4 Å². The summed E-state index contributed by atoms with van der Waals surface area (Å²) in [5.74, 6) is 0.803. The summed E-state index contributed by atoms with van der Waals surface area (Å²) >= 11 is 0. The molecule has 98 valence electrons. The second-order valence-corrected chi connectivity index (χ2v) is 5.34. The van der Waals surface area contributed by atoms with Gasteiger partial charge in [-0.05, 0) is 37.6 Å². The average Bonchev–Trinajstić information content (AvgIpc) is 2.93. The van der Waals surface area contributed by atoms with Crippen LogP contribution in [-0.4, -0.2) is 5.91 Å². The summed E-state index contributed by atoms with van der Waals surface area (Å²) in [6.07, 6.45) is 1.61. The molecule has 0 atom stereocenters. The van der Waals surface area contributed by atoms with E-state index in [1.54, 1.807) is 11.2 Å². The van der Waals surface area contributed by atoms with E-state index in [0.29, 0.717) is 12.2 Å². The lowest BCUT2D eigenvalue weighted by atomic mass is 9.86. The third-order valence-electron chi connectivity index (χ3n) is 3.68. The van der Waals surface area contributed by atoms with E-state index < -0.39 is 5.41 Å². The maximum absolute atomic E-state index is 12.6. The number of anilines is 2. The molecular weight excluding hydrogens is 240 g/mol. The number of carbonyl (C=O) groups excluding carboxylic acids is 1. The van der Waals surface area contributed by atoms with E-state index in [9.17, 15) is 4.79 Å². The summed E-state index contributed by atoms with van der Waals surface area (Å²) in [7, 11) is 0. The average molecular weight is 256 g/mol. The molecule has 19 heavy (non-hydrogen) atoms. The number of rotatable bonds is 2. The van der Waals surface area contributed by atoms with Gasteiger partial charge >= 0.3 is 0 Å². The van der Waals surface area contributed by atoms with Gasteiger partial charge in [0.1, 0.15) is 5.76 Å². The minimum atomic E-state index is -0.544. The minimum absolute atomic E-state index is 0.0526. The van der Waals surface area contributed by atoms with Gasteiger partial charge in [0.2, 0.25) is 5.91 Å². The van der Waals surface area contributed by atoms with Crippen molar-refractivity contribution in [3.63, 3.8) is 0 Å². The Hall–Kier alpha value is -2.23. The van der Waals surface area contributed by atoms with Gasteiger partial charge in [-0.15, -0.1) is 0 Å². The Labute approximate surface area is 111 Å². The molecular formula is C15H16N2O2. The van der Waals surface area contributed by atoms with Crippen LogP contribution in [0.5, 0.6) is 0 Å². The summed E-state index contributed by atoms with van der Waals surface area (Å²) in [6, 6.07) is 9.35. The molecule has 0 fully saturated rings. The van der Waals surface area contributed by atoms with Crippen molar-refractivity contribution in [2.24, 2.45) is 0 Å². The van der Waals surface area contributed by atoms with E-state index in [1.165, 1.54) is 0 Å². The van der Waals surface area contributed by atoms with Crippen LogP contribution in [0, 0.1) is 0 Å². The first-order valence-corrected chi connectivity index (χ1v) is 6.25. The summed E-state index contributed by atoms with van der Waals surface area (Å²) in [6.45, 7) is 4.27. The highest BCUT2D eigenvalue weighted by atomic mass is 16.3. The van der Waals surface area contributed by atoms with Crippen LogP contribution in [-0.2, 0) is 16.8 Å². The highest BCUT2D eigenvalue weighted by Crippen LogP contribution is 2.45. The third kappa shape index (κ3) is 1.63. The monoisotopic (exact) mass is 256 g/mol. The third-order valence-corrected chi connectivity index (χ3v) is 3.68. The van der Waals surface area contributed by atoms with Crippen molar-refractivity contribution in [1.29, 1.82) is 0 Å². The number of carbonyl (C=O) groups is 1. The second-order valence-electron chi connectivity index (χ2n) is 5.34. The molecule has 2 N–H and O–H groups in total. The van der Waals surface area contributed by atoms with Gasteiger partial charge in [-0.25, -0.2) is 0 Å². The van der Waals surface area contributed by atoms with Gasteiger partial charge in [0.15, 0.2) is 0 Å². The normalized spacial score (nSPS) is 16.7. The molecule has 1 aromatic heterocycles. The fraction of sp³-hybridized carbons (Fsp3) is 0.267. The fourth-order valence-electron chi connectivity index (χ4n) is 2.63. The Morgan fingerprint density at radius 2 is 2.05 bits per heavy atom. The van der Waals surface area contributed by atoms with Gasteiger partial charge in [0.05, 0.1) is 29.6 Å². The smallest absolute Gasteiger partial charge is 0.237 e. The highest BCUT2D eigenvalue weighted by molar-refractivity contribution is 6.10. The van der Waals surface area contributed by atoms with Gasteiger partial charge in [0.25, 0.3) is 0 Å². The largest absolute Gasteiger partial charge is 0.467 e. The molecule has 0 aliphatic carbocycles. The molecule has 1 aliphatic rings. The zero-order valence-corrected chi connectivity index (χ0v) is 11.0. The first-order chi connectivity index (χ1) is 9.01. The number of hydrogen-bond donors (Lipinski definition) is 1. The summed E-state index contributed by atoms with van der Waals surface area (Å²) < 4.78 is 5.33. The number of hydrogen-bond acceptors (Lipinski definition) is 3. The molecule has 0 saturated heterocycles. The second kappa shape index (κ2) is 3.88. The highest BCUT2D eigenvalue weighted by Gasteiger charge is 2.44. The Morgan fingerprint density at radius 3 is 2.74 bits per heavy atom. The fourth-order valence-corrected chi connectivity index (χ4v) is 2.63. The van der Waals surface area contributed by atoms with Crippen molar-refractivity contribution < 1.29 is 9.21 Å². The molecule has 0 saturated carbocycles. The molecule has 1 amide bonds. The molecule has 0 unspecified atom stereocenters. The van der Waals surface area contributed by atoms with Gasteiger partial charge in [-0.3, -0.25) is 4.79 Å². The van der Waals surface area contributed by atoms with Crippen molar-refractivity contribution >= 4 is 17.3 Å². The molecule has 2 aromatic rings. The molecule has 3 rings (SSSR count). The standard InChI is InChI=1S/C15H16N2O2/c1-15(2)11-6-3-7-12(16)13(11)17(14(15)18)9-10-5-4-8-19-10/h3-8H,9,16H2,1-2H3. The molecule has 0 spiro atoms. The SMILES string of the molecule is CC1(C)C(=O)N(Cc2ccco2)c2c(N)cccc21. The van der Waals surface area contributed by atoms with Crippen LogP contribution in [0.1, 0.15) is 25.2 Å². The minimum Gasteiger partial charge on any atom is -0.467 e. The van der Waals surface area contributed by atoms with Gasteiger partial charge < -0.3 is 15.1 Å². The summed E-state index contributed by atoms with van der Waals surface area (Å²) in [4.78, 5) is 14.3. The lowest BCUT2D eigenvalue weighted by Crippen LogP contribution is -2.35. The first-order valence-electron chi connectivity index (χ1n) is 6.25. The number of nitrogens with zero attached hydrogens (tertiary/aromatic N) is 1. The van der Waals surface area contributed by atoms with Crippen LogP contribution in [0.3, 0.4) is 0 Å². The van der Waals surface area contributed by atoms with Gasteiger partial charge in [-0.2, -0.15) is 0 Å². The zero-order valence-electron chi connectivity index (χ0n) is 11.0. The molecule has 1 aromatic carbocycles. The van der Waals surface area contributed by atoms with E-state index in [4.69, 9.17) is 10.2 Å². The Morgan fingerprint density at radius 1 is 1.26 bits per heavy atom. The van der Waals surface area contributed by atoms with E-state index >= 15 is 0 Å². The molecule has 4 nitrogen and oxygen atoms in total. The van der Waals surface area contributed by atoms with E-state index in [1.807, 2.05) is 44.2 Å². The lowest BCUT2D eigenvalue weighted by Gasteiger charge is -2.19. The van der Waals surface area contributed by atoms with Crippen molar-refractivity contribution in [3.05, 3.63) is 47.9 Å². The quantitative estimate of drug-likeness (QED) is 0.840. The van der Waals surface area contributed by atoms with E-state index in [0.717, 1.165) is 17.0 Å². The molecule has 1 aliphatic heterocycles. The lowest BCUT2D eigenvalue weighted by molar-refractivity contribution is -0.122. The number of amides is 1. The number of para-hydroxylation sites is 1. The van der Waals surface area contributed by atoms with Crippen LogP contribution < -0.4 is 10.6 Å². The van der Waals surface area contributed by atoms with Crippen LogP contribution in [0.15, 0.2) is 41.0 Å². The van der Waals surface area contributed by atoms with Crippen molar-refractivity contribution in [1.82, 2.24) is 0 Å². The predicted octanol–water partition coefficient (Wildman–Crippen LogP) is 2.69. The summed E-state index contributed by atoms with van der Waals surface area (Å²) in [5.41, 5.74) is 7.92. The van der Waals surface area contributed by atoms with Gasteiger partial charge in [-0.1, -0.05) is 12.1 Å². The zero-order chi connectivity index (χ0) is 13.6. The Balaban J connectivity index is 2.10. The van der Waals surface area contributed by atoms with E-state index in [2.05, 4.69) is 0 Å². The van der Waals surface area contributed by atoms with E-state index in [-0.39, 0.29) is 5.91 Å². The van der Waals surface area contributed by atoms with Crippen LogP contribution in [0.2, 0.25) is 0 Å². The number of nitrogens with two attached hydrogens (primary N) is 1. The molecule has 4 heteroatoms. The number of furan rings is 1. The maximum atomic E-state index is 12.6. The van der Waals surface area contributed by atoms with Crippen molar-refractivity contribution in [2.45, 2.75) is 25.8 Å². The van der Waals surface area contributed by atoms with Crippen LogP contribution in [0.25, 0.3) is 0 Å². The summed E-state index contributed by atoms with van der Waals surface area (Å²) in [5, 5.41) is 0. The van der Waals surface area contributed by atoms with Crippen molar-refractivity contribution in [2.75, 3.05) is 10.6 Å². The molecule has 0 radical (unpaired) electrons. The van der Waals surface area contributed by atoms with Crippen molar-refractivity contribution in [3.8, 4) is 0 Å². The number of nitrogen functional groups attached to an aromatic ring is 1. The molecule has 0 bridgehead atoms. The Kier molecular flexibility index (Phi) is 2.42. The number of benzene rings is 1. The van der Waals surface area contributed by atoms with Crippen LogP contribution >= 0.6 is 0 Å². The Bertz CT molecular complexity index is 630. The number of fused-ring (bicyclic) bond motifs is 1. The molecule has 2 heterocycles.